The summed E-state index contributed by atoms with van der Waals surface area (Å²) in [5.41, 5.74) is 4.39. The van der Waals surface area contributed by atoms with Crippen LogP contribution >= 0.6 is 0 Å². The Balaban J connectivity index is 1.63. The van der Waals surface area contributed by atoms with Crippen molar-refractivity contribution in [3.63, 3.8) is 0 Å². The van der Waals surface area contributed by atoms with Crippen LogP contribution in [0.5, 0.6) is 0 Å². The summed E-state index contributed by atoms with van der Waals surface area (Å²) in [6, 6.07) is 19.2. The predicted octanol–water partition coefficient (Wildman–Crippen LogP) is 2.88. The SMILES string of the molecule is CN(C)CCN(C)c1ccc(C#N)c(CN2CCN(c3ccccc3)CC2)c1. The Morgan fingerprint density at radius 1 is 0.929 bits per heavy atom. The number of piperazine rings is 1. The van der Waals surface area contributed by atoms with E-state index in [1.807, 2.05) is 6.07 Å². The van der Waals surface area contributed by atoms with Gasteiger partial charge in [-0.1, -0.05) is 18.2 Å². The molecule has 0 amide bonds. The van der Waals surface area contributed by atoms with E-state index in [-0.39, 0.29) is 0 Å². The first-order chi connectivity index (χ1) is 13.6. The van der Waals surface area contributed by atoms with Crippen LogP contribution in [0.1, 0.15) is 11.1 Å². The van der Waals surface area contributed by atoms with Crippen molar-refractivity contribution < 1.29 is 0 Å². The molecule has 0 unspecified atom stereocenters. The van der Waals surface area contributed by atoms with E-state index in [0.717, 1.165) is 56.9 Å². The molecule has 0 N–H and O–H groups in total. The molecule has 0 saturated carbocycles. The zero-order valence-electron chi connectivity index (χ0n) is 17.3. The molecule has 1 saturated heterocycles. The summed E-state index contributed by atoms with van der Waals surface area (Å²) in [4.78, 5) is 9.34. The topological polar surface area (TPSA) is 36.8 Å². The second-order valence-corrected chi connectivity index (χ2v) is 7.78. The Hall–Kier alpha value is -2.55. The number of para-hydroxylation sites is 1. The van der Waals surface area contributed by atoms with E-state index in [4.69, 9.17) is 0 Å². The highest BCUT2D eigenvalue weighted by Gasteiger charge is 2.18. The van der Waals surface area contributed by atoms with Crippen molar-refractivity contribution >= 4 is 11.4 Å². The minimum Gasteiger partial charge on any atom is -0.373 e. The molecule has 148 valence electrons. The molecule has 3 rings (SSSR count). The molecule has 0 bridgehead atoms. The third-order valence-electron chi connectivity index (χ3n) is 5.42. The first-order valence-corrected chi connectivity index (χ1v) is 9.98. The Morgan fingerprint density at radius 2 is 1.64 bits per heavy atom. The number of rotatable bonds is 7. The van der Waals surface area contributed by atoms with Crippen molar-refractivity contribution in [2.75, 3.05) is 70.2 Å². The predicted molar refractivity (Wildman–Crippen MR) is 117 cm³/mol. The Bertz CT molecular complexity index is 788. The van der Waals surface area contributed by atoms with Crippen molar-refractivity contribution in [3.8, 4) is 6.07 Å². The van der Waals surface area contributed by atoms with Crippen molar-refractivity contribution in [2.24, 2.45) is 0 Å². The van der Waals surface area contributed by atoms with Crippen molar-refractivity contribution in [3.05, 3.63) is 59.7 Å². The molecule has 0 aliphatic carbocycles. The molecule has 2 aromatic carbocycles. The van der Waals surface area contributed by atoms with E-state index in [0.29, 0.717) is 0 Å². The molecule has 1 heterocycles. The summed E-state index contributed by atoms with van der Waals surface area (Å²) in [5.74, 6) is 0. The van der Waals surface area contributed by atoms with Gasteiger partial charge in [0.2, 0.25) is 0 Å². The van der Waals surface area contributed by atoms with Crippen LogP contribution in [0.2, 0.25) is 0 Å². The monoisotopic (exact) mass is 377 g/mol. The standard InChI is InChI=1S/C23H31N5/c1-25(2)11-12-26(3)23-10-9-20(18-24)21(17-23)19-27-13-15-28(16-14-27)22-7-5-4-6-8-22/h4-10,17H,11-16,19H2,1-3H3. The van der Waals surface area contributed by atoms with Gasteiger partial charge in [0.25, 0.3) is 0 Å². The molecule has 2 aromatic rings. The summed E-state index contributed by atoms with van der Waals surface area (Å²) < 4.78 is 0. The maximum absolute atomic E-state index is 9.55. The van der Waals surface area contributed by atoms with Crippen LogP contribution in [0.25, 0.3) is 0 Å². The lowest BCUT2D eigenvalue weighted by molar-refractivity contribution is 0.249. The van der Waals surface area contributed by atoms with E-state index in [1.165, 1.54) is 11.4 Å². The van der Waals surface area contributed by atoms with Gasteiger partial charge >= 0.3 is 0 Å². The average Bonchev–Trinajstić information content (AvgIpc) is 2.73. The molecule has 5 nitrogen and oxygen atoms in total. The molecule has 0 atom stereocenters. The van der Waals surface area contributed by atoms with Gasteiger partial charge in [-0.15, -0.1) is 0 Å². The van der Waals surface area contributed by atoms with Crippen LogP contribution in [0, 0.1) is 11.3 Å². The first-order valence-electron chi connectivity index (χ1n) is 9.98. The van der Waals surface area contributed by atoms with Gasteiger partial charge in [-0.05, 0) is 50.0 Å². The Labute approximate surface area is 169 Å². The highest BCUT2D eigenvalue weighted by atomic mass is 15.3. The summed E-state index contributed by atoms with van der Waals surface area (Å²) in [6.45, 7) is 6.88. The van der Waals surface area contributed by atoms with Gasteiger partial charge < -0.3 is 14.7 Å². The van der Waals surface area contributed by atoms with Crippen LogP contribution in [-0.4, -0.2) is 70.2 Å². The molecule has 1 fully saturated rings. The smallest absolute Gasteiger partial charge is 0.0995 e. The third-order valence-corrected chi connectivity index (χ3v) is 5.42. The van der Waals surface area contributed by atoms with Gasteiger partial charge in [-0.2, -0.15) is 5.26 Å². The number of likely N-dealkylation sites (N-methyl/N-ethyl adjacent to an activating group) is 2. The fourth-order valence-electron chi connectivity index (χ4n) is 3.58. The van der Waals surface area contributed by atoms with Gasteiger partial charge in [-0.25, -0.2) is 0 Å². The van der Waals surface area contributed by atoms with Crippen molar-refractivity contribution in [2.45, 2.75) is 6.54 Å². The largest absolute Gasteiger partial charge is 0.373 e. The van der Waals surface area contributed by atoms with Crippen LogP contribution in [0.15, 0.2) is 48.5 Å². The minimum atomic E-state index is 0.787. The second kappa shape index (κ2) is 9.59. The first kappa shape index (κ1) is 20.2. The molecule has 28 heavy (non-hydrogen) atoms. The van der Waals surface area contributed by atoms with Crippen LogP contribution in [0.4, 0.5) is 11.4 Å². The number of nitrogens with zero attached hydrogens (tertiary/aromatic N) is 5. The van der Waals surface area contributed by atoms with E-state index in [1.54, 1.807) is 0 Å². The van der Waals surface area contributed by atoms with Gasteiger partial charge in [-0.3, -0.25) is 4.90 Å². The van der Waals surface area contributed by atoms with Gasteiger partial charge in [0.15, 0.2) is 0 Å². The summed E-state index contributed by atoms with van der Waals surface area (Å²) in [5, 5.41) is 9.55. The lowest BCUT2D eigenvalue weighted by atomic mass is 10.1. The molecule has 5 heteroatoms. The lowest BCUT2D eigenvalue weighted by Crippen LogP contribution is -2.46. The summed E-state index contributed by atoms with van der Waals surface area (Å²) in [6.07, 6.45) is 0. The van der Waals surface area contributed by atoms with E-state index in [9.17, 15) is 5.26 Å². The number of hydrogen-bond acceptors (Lipinski definition) is 5. The van der Waals surface area contributed by atoms with Crippen molar-refractivity contribution in [1.29, 1.82) is 5.26 Å². The number of anilines is 2. The Morgan fingerprint density at radius 3 is 2.29 bits per heavy atom. The zero-order valence-corrected chi connectivity index (χ0v) is 17.3. The van der Waals surface area contributed by atoms with Crippen LogP contribution < -0.4 is 9.80 Å². The van der Waals surface area contributed by atoms with E-state index < -0.39 is 0 Å². The third kappa shape index (κ3) is 5.25. The fraction of sp³-hybridized carbons (Fsp3) is 0.435. The molecular weight excluding hydrogens is 346 g/mol. The van der Waals surface area contributed by atoms with E-state index >= 15 is 0 Å². The molecule has 0 spiro atoms. The summed E-state index contributed by atoms with van der Waals surface area (Å²) in [7, 11) is 6.30. The number of benzene rings is 2. The maximum Gasteiger partial charge on any atom is 0.0995 e. The molecule has 0 radical (unpaired) electrons. The van der Waals surface area contributed by atoms with Gasteiger partial charge in [0.1, 0.15) is 0 Å². The van der Waals surface area contributed by atoms with Gasteiger partial charge in [0.05, 0.1) is 11.6 Å². The minimum absolute atomic E-state index is 0.787. The quantitative estimate of drug-likeness (QED) is 0.742. The molecular formula is C23H31N5. The van der Waals surface area contributed by atoms with E-state index in [2.05, 4.69) is 89.3 Å². The lowest BCUT2D eigenvalue weighted by Gasteiger charge is -2.36. The van der Waals surface area contributed by atoms with Gasteiger partial charge in [0, 0.05) is 64.2 Å². The van der Waals surface area contributed by atoms with Crippen LogP contribution in [-0.2, 0) is 6.54 Å². The zero-order chi connectivity index (χ0) is 19.9. The Kier molecular flexibility index (Phi) is 6.91. The van der Waals surface area contributed by atoms with Crippen LogP contribution in [0.3, 0.4) is 0 Å². The highest BCUT2D eigenvalue weighted by molar-refractivity contribution is 5.53. The number of nitriles is 1. The normalized spacial score (nSPS) is 14.9. The molecule has 1 aliphatic rings. The summed E-state index contributed by atoms with van der Waals surface area (Å²) >= 11 is 0. The maximum atomic E-state index is 9.55. The van der Waals surface area contributed by atoms with Crippen molar-refractivity contribution in [1.82, 2.24) is 9.80 Å². The second-order valence-electron chi connectivity index (χ2n) is 7.78. The average molecular weight is 378 g/mol. The molecule has 1 aliphatic heterocycles. The number of hydrogen-bond donors (Lipinski definition) is 0. The fourth-order valence-corrected chi connectivity index (χ4v) is 3.58. The highest BCUT2D eigenvalue weighted by Crippen LogP contribution is 2.22. The molecule has 0 aromatic heterocycles.